The first-order valence-corrected chi connectivity index (χ1v) is 5.62. The van der Waals surface area contributed by atoms with Gasteiger partial charge in [-0.2, -0.15) is 5.10 Å². The lowest BCUT2D eigenvalue weighted by atomic mass is 10.1. The summed E-state index contributed by atoms with van der Waals surface area (Å²) in [5.74, 6) is 0.476. The number of hydrogen-bond donors (Lipinski definition) is 1. The van der Waals surface area contributed by atoms with Gasteiger partial charge in [0.25, 0.3) is 0 Å². The van der Waals surface area contributed by atoms with Crippen molar-refractivity contribution in [3.05, 3.63) is 18.5 Å². The molecular weight excluding hydrogens is 206 g/mol. The minimum atomic E-state index is -0.252. The molecule has 0 aromatic carbocycles. The van der Waals surface area contributed by atoms with Gasteiger partial charge in [0.05, 0.1) is 6.61 Å². The maximum atomic E-state index is 11.8. The molecule has 1 amide bonds. The van der Waals surface area contributed by atoms with E-state index >= 15 is 0 Å². The summed E-state index contributed by atoms with van der Waals surface area (Å²) in [5.41, 5.74) is 0. The average molecular weight is 223 g/mol. The van der Waals surface area contributed by atoms with Crippen molar-refractivity contribution in [1.29, 1.82) is 0 Å². The van der Waals surface area contributed by atoms with Gasteiger partial charge >= 0.3 is 0 Å². The van der Waals surface area contributed by atoms with E-state index in [-0.39, 0.29) is 11.9 Å². The first-order chi connectivity index (χ1) is 7.77. The Morgan fingerprint density at radius 1 is 1.75 bits per heavy atom. The van der Waals surface area contributed by atoms with Crippen LogP contribution in [0.5, 0.6) is 0 Å². The fourth-order valence-electron chi connectivity index (χ4n) is 1.77. The van der Waals surface area contributed by atoms with Crippen LogP contribution in [0.2, 0.25) is 0 Å². The van der Waals surface area contributed by atoms with Crippen LogP contribution in [-0.4, -0.2) is 35.4 Å². The Labute approximate surface area is 94.8 Å². The fraction of sp³-hybridized carbons (Fsp3) is 0.636. The molecule has 0 aliphatic carbocycles. The summed E-state index contributed by atoms with van der Waals surface area (Å²) in [5, 5.41) is 6.98. The predicted octanol–water partition coefficient (Wildman–Crippen LogP) is 0.597. The second-order valence-corrected chi connectivity index (χ2v) is 4.14. The molecule has 1 N–H and O–H groups in total. The Bertz CT molecular complexity index is 331. The topological polar surface area (TPSA) is 56.1 Å². The van der Waals surface area contributed by atoms with Crippen molar-refractivity contribution in [2.45, 2.75) is 19.4 Å². The SMILES string of the molecule is CC(C(=O)NCC1CCOC1)n1cccn1. The summed E-state index contributed by atoms with van der Waals surface area (Å²) in [6, 6.07) is 1.56. The van der Waals surface area contributed by atoms with Crippen molar-refractivity contribution in [1.82, 2.24) is 15.1 Å². The number of nitrogens with one attached hydrogen (secondary N) is 1. The van der Waals surface area contributed by atoms with Crippen LogP contribution < -0.4 is 5.32 Å². The lowest BCUT2D eigenvalue weighted by molar-refractivity contribution is -0.124. The minimum Gasteiger partial charge on any atom is -0.381 e. The molecule has 0 radical (unpaired) electrons. The molecule has 1 saturated heterocycles. The second-order valence-electron chi connectivity index (χ2n) is 4.14. The summed E-state index contributed by atoms with van der Waals surface area (Å²) in [4.78, 5) is 11.8. The molecule has 1 aliphatic heterocycles. The summed E-state index contributed by atoms with van der Waals surface area (Å²) < 4.78 is 6.91. The van der Waals surface area contributed by atoms with Crippen LogP contribution in [0.4, 0.5) is 0 Å². The van der Waals surface area contributed by atoms with Gasteiger partial charge < -0.3 is 10.1 Å². The standard InChI is InChI=1S/C11H17N3O2/c1-9(14-5-2-4-13-14)11(15)12-7-10-3-6-16-8-10/h2,4-5,9-10H,3,6-8H2,1H3,(H,12,15). The highest BCUT2D eigenvalue weighted by Crippen LogP contribution is 2.11. The number of aromatic nitrogens is 2. The Balaban J connectivity index is 1.79. The van der Waals surface area contributed by atoms with E-state index in [4.69, 9.17) is 4.74 Å². The van der Waals surface area contributed by atoms with Crippen LogP contribution in [-0.2, 0) is 9.53 Å². The molecule has 2 heterocycles. The quantitative estimate of drug-likeness (QED) is 0.813. The third kappa shape index (κ3) is 2.61. The average Bonchev–Trinajstić information content (AvgIpc) is 2.96. The van der Waals surface area contributed by atoms with Gasteiger partial charge in [-0.3, -0.25) is 9.48 Å². The van der Waals surface area contributed by atoms with Gasteiger partial charge in [0.1, 0.15) is 6.04 Å². The zero-order valence-electron chi connectivity index (χ0n) is 9.43. The molecule has 1 aliphatic rings. The number of carbonyl (C=O) groups is 1. The van der Waals surface area contributed by atoms with Crippen LogP contribution in [0.25, 0.3) is 0 Å². The molecule has 1 fully saturated rings. The second kappa shape index (κ2) is 5.12. The molecule has 0 saturated carbocycles. The number of ether oxygens (including phenoxy) is 1. The van der Waals surface area contributed by atoms with Crippen molar-refractivity contribution in [3.63, 3.8) is 0 Å². The molecule has 1 aromatic heterocycles. The van der Waals surface area contributed by atoms with E-state index in [1.54, 1.807) is 17.1 Å². The van der Waals surface area contributed by atoms with Gasteiger partial charge in [-0.05, 0) is 19.4 Å². The smallest absolute Gasteiger partial charge is 0.244 e. The van der Waals surface area contributed by atoms with Gasteiger partial charge in [-0.25, -0.2) is 0 Å². The highest BCUT2D eigenvalue weighted by Gasteiger charge is 2.19. The van der Waals surface area contributed by atoms with E-state index in [1.807, 2.05) is 13.0 Å². The van der Waals surface area contributed by atoms with E-state index < -0.39 is 0 Å². The van der Waals surface area contributed by atoms with Gasteiger partial charge in [0.2, 0.25) is 5.91 Å². The summed E-state index contributed by atoms with van der Waals surface area (Å²) in [6.45, 7) is 4.11. The molecule has 88 valence electrons. The van der Waals surface area contributed by atoms with Crippen molar-refractivity contribution in [2.75, 3.05) is 19.8 Å². The summed E-state index contributed by atoms with van der Waals surface area (Å²) in [7, 11) is 0. The highest BCUT2D eigenvalue weighted by atomic mass is 16.5. The van der Waals surface area contributed by atoms with E-state index in [9.17, 15) is 4.79 Å². The van der Waals surface area contributed by atoms with E-state index in [1.165, 1.54) is 0 Å². The van der Waals surface area contributed by atoms with Crippen molar-refractivity contribution < 1.29 is 9.53 Å². The number of hydrogen-bond acceptors (Lipinski definition) is 3. The first-order valence-electron chi connectivity index (χ1n) is 5.62. The molecule has 5 nitrogen and oxygen atoms in total. The molecule has 5 heteroatoms. The van der Waals surface area contributed by atoms with Crippen molar-refractivity contribution >= 4 is 5.91 Å². The third-order valence-corrected chi connectivity index (χ3v) is 2.89. The van der Waals surface area contributed by atoms with Crippen LogP contribution in [0.15, 0.2) is 18.5 Å². The molecule has 0 bridgehead atoms. The number of rotatable bonds is 4. The maximum absolute atomic E-state index is 11.8. The molecular formula is C11H17N3O2. The molecule has 16 heavy (non-hydrogen) atoms. The normalized spacial score (nSPS) is 21.9. The van der Waals surface area contributed by atoms with Crippen molar-refractivity contribution in [2.24, 2.45) is 5.92 Å². The Morgan fingerprint density at radius 3 is 3.25 bits per heavy atom. The Kier molecular flexibility index (Phi) is 3.56. The van der Waals surface area contributed by atoms with Crippen LogP contribution in [0.3, 0.4) is 0 Å². The summed E-state index contributed by atoms with van der Waals surface area (Å²) in [6.07, 6.45) is 4.51. The van der Waals surface area contributed by atoms with Crippen molar-refractivity contribution in [3.8, 4) is 0 Å². The molecule has 0 spiro atoms. The minimum absolute atomic E-state index is 0.00981. The molecule has 2 atom stereocenters. The number of carbonyl (C=O) groups excluding carboxylic acids is 1. The predicted molar refractivity (Wildman–Crippen MR) is 58.9 cm³/mol. The van der Waals surface area contributed by atoms with E-state index in [0.29, 0.717) is 12.5 Å². The lowest BCUT2D eigenvalue weighted by Crippen LogP contribution is -2.34. The van der Waals surface area contributed by atoms with Gasteiger partial charge in [0, 0.05) is 31.5 Å². The number of nitrogens with zero attached hydrogens (tertiary/aromatic N) is 2. The summed E-state index contributed by atoms with van der Waals surface area (Å²) >= 11 is 0. The molecule has 1 aromatic rings. The highest BCUT2D eigenvalue weighted by molar-refractivity contribution is 5.79. The Hall–Kier alpha value is -1.36. The molecule has 2 unspecified atom stereocenters. The van der Waals surface area contributed by atoms with Gasteiger partial charge in [-0.15, -0.1) is 0 Å². The van der Waals surface area contributed by atoms with Crippen LogP contribution >= 0.6 is 0 Å². The van der Waals surface area contributed by atoms with E-state index in [2.05, 4.69) is 10.4 Å². The first kappa shape index (κ1) is 11.1. The van der Waals surface area contributed by atoms with Gasteiger partial charge in [-0.1, -0.05) is 0 Å². The van der Waals surface area contributed by atoms with E-state index in [0.717, 1.165) is 19.6 Å². The lowest BCUT2D eigenvalue weighted by Gasteiger charge is -2.14. The fourth-order valence-corrected chi connectivity index (χ4v) is 1.77. The van der Waals surface area contributed by atoms with Gasteiger partial charge in [0.15, 0.2) is 0 Å². The zero-order valence-corrected chi connectivity index (χ0v) is 9.43. The van der Waals surface area contributed by atoms with Crippen LogP contribution in [0, 0.1) is 5.92 Å². The monoisotopic (exact) mass is 223 g/mol. The Morgan fingerprint density at radius 2 is 2.62 bits per heavy atom. The number of amides is 1. The maximum Gasteiger partial charge on any atom is 0.244 e. The van der Waals surface area contributed by atoms with Crippen LogP contribution in [0.1, 0.15) is 19.4 Å². The largest absolute Gasteiger partial charge is 0.381 e. The zero-order chi connectivity index (χ0) is 11.4. The third-order valence-electron chi connectivity index (χ3n) is 2.89. The molecule has 2 rings (SSSR count).